The lowest BCUT2D eigenvalue weighted by Gasteiger charge is -2.30. The van der Waals surface area contributed by atoms with Crippen LogP contribution < -0.4 is 5.32 Å². The summed E-state index contributed by atoms with van der Waals surface area (Å²) >= 11 is 0. The molecule has 1 aromatic heterocycles. The van der Waals surface area contributed by atoms with Crippen LogP contribution >= 0.6 is 0 Å². The zero-order valence-corrected chi connectivity index (χ0v) is 11.9. The standard InChI is InChI=1S/C15H22N2O2/c1-4-14-12(6-5-7-19-14)15(18)17-13-8-11(3)16-9-10(13)2/h8-9,12,14H,4-7H2,1-3H3,(H,16,17,18). The third-order valence-corrected chi connectivity index (χ3v) is 3.68. The molecule has 104 valence electrons. The van der Waals surface area contributed by atoms with Gasteiger partial charge in [0, 0.05) is 24.2 Å². The van der Waals surface area contributed by atoms with Crippen LogP contribution in [0.15, 0.2) is 12.3 Å². The number of aromatic nitrogens is 1. The van der Waals surface area contributed by atoms with E-state index in [0.717, 1.165) is 42.8 Å². The summed E-state index contributed by atoms with van der Waals surface area (Å²) in [6, 6.07) is 1.91. The van der Waals surface area contributed by atoms with Crippen LogP contribution in [0.25, 0.3) is 0 Å². The highest BCUT2D eigenvalue weighted by Gasteiger charge is 2.30. The maximum Gasteiger partial charge on any atom is 0.230 e. The normalized spacial score (nSPS) is 23.1. The number of hydrogen-bond acceptors (Lipinski definition) is 3. The fourth-order valence-electron chi connectivity index (χ4n) is 2.53. The van der Waals surface area contributed by atoms with Crippen molar-refractivity contribution in [3.63, 3.8) is 0 Å². The van der Waals surface area contributed by atoms with Crippen molar-refractivity contribution in [1.29, 1.82) is 0 Å². The van der Waals surface area contributed by atoms with Gasteiger partial charge < -0.3 is 10.1 Å². The molecule has 1 saturated heterocycles. The quantitative estimate of drug-likeness (QED) is 0.911. The fraction of sp³-hybridized carbons (Fsp3) is 0.600. The maximum absolute atomic E-state index is 12.4. The van der Waals surface area contributed by atoms with Crippen molar-refractivity contribution < 1.29 is 9.53 Å². The molecule has 2 rings (SSSR count). The van der Waals surface area contributed by atoms with Crippen LogP contribution in [-0.4, -0.2) is 23.6 Å². The van der Waals surface area contributed by atoms with Crippen molar-refractivity contribution >= 4 is 11.6 Å². The number of anilines is 1. The molecule has 0 radical (unpaired) electrons. The number of carbonyl (C=O) groups excluding carboxylic acids is 1. The Balaban J connectivity index is 2.09. The molecule has 0 aromatic carbocycles. The third-order valence-electron chi connectivity index (χ3n) is 3.68. The minimum atomic E-state index is -0.0355. The first-order valence-electron chi connectivity index (χ1n) is 6.97. The van der Waals surface area contributed by atoms with Gasteiger partial charge in [0.2, 0.25) is 5.91 Å². The zero-order valence-electron chi connectivity index (χ0n) is 11.9. The van der Waals surface area contributed by atoms with Crippen molar-refractivity contribution in [3.05, 3.63) is 23.5 Å². The molecule has 0 spiro atoms. The van der Waals surface area contributed by atoms with Gasteiger partial charge in [0.1, 0.15) is 0 Å². The Labute approximate surface area is 114 Å². The van der Waals surface area contributed by atoms with Crippen molar-refractivity contribution in [3.8, 4) is 0 Å². The molecule has 19 heavy (non-hydrogen) atoms. The lowest BCUT2D eigenvalue weighted by atomic mass is 9.91. The molecule has 1 amide bonds. The number of hydrogen-bond donors (Lipinski definition) is 1. The Kier molecular flexibility index (Phi) is 4.53. The summed E-state index contributed by atoms with van der Waals surface area (Å²) < 4.78 is 5.68. The number of ether oxygens (including phenoxy) is 1. The first kappa shape index (κ1) is 14.0. The monoisotopic (exact) mass is 262 g/mol. The number of rotatable bonds is 3. The predicted molar refractivity (Wildman–Crippen MR) is 75.1 cm³/mol. The number of pyridine rings is 1. The molecule has 1 aromatic rings. The van der Waals surface area contributed by atoms with Crippen LogP contribution in [0.2, 0.25) is 0 Å². The van der Waals surface area contributed by atoms with E-state index in [9.17, 15) is 4.79 Å². The maximum atomic E-state index is 12.4. The topological polar surface area (TPSA) is 51.2 Å². The minimum Gasteiger partial charge on any atom is -0.377 e. The molecular formula is C15H22N2O2. The highest BCUT2D eigenvalue weighted by Crippen LogP contribution is 2.25. The number of nitrogens with zero attached hydrogens (tertiary/aromatic N) is 1. The molecule has 1 fully saturated rings. The molecule has 2 heterocycles. The summed E-state index contributed by atoms with van der Waals surface area (Å²) in [5.74, 6) is 0.0341. The van der Waals surface area contributed by atoms with E-state index in [2.05, 4.69) is 17.2 Å². The molecule has 4 nitrogen and oxygen atoms in total. The van der Waals surface area contributed by atoms with Gasteiger partial charge in [-0.05, 0) is 44.7 Å². The molecule has 1 aliphatic heterocycles. The minimum absolute atomic E-state index is 0.0355. The zero-order chi connectivity index (χ0) is 13.8. The Morgan fingerprint density at radius 1 is 1.53 bits per heavy atom. The van der Waals surface area contributed by atoms with E-state index in [1.165, 1.54) is 0 Å². The summed E-state index contributed by atoms with van der Waals surface area (Å²) in [5.41, 5.74) is 2.76. The van der Waals surface area contributed by atoms with E-state index < -0.39 is 0 Å². The van der Waals surface area contributed by atoms with Crippen LogP contribution in [-0.2, 0) is 9.53 Å². The highest BCUT2D eigenvalue weighted by molar-refractivity contribution is 5.93. The molecule has 0 bridgehead atoms. The van der Waals surface area contributed by atoms with E-state index in [1.54, 1.807) is 6.20 Å². The van der Waals surface area contributed by atoms with Crippen molar-refractivity contribution in [2.45, 2.75) is 46.1 Å². The van der Waals surface area contributed by atoms with Gasteiger partial charge in [-0.1, -0.05) is 6.92 Å². The van der Waals surface area contributed by atoms with Crippen molar-refractivity contribution in [1.82, 2.24) is 4.98 Å². The summed E-state index contributed by atoms with van der Waals surface area (Å²) in [6.45, 7) is 6.72. The number of carbonyl (C=O) groups is 1. The molecule has 2 unspecified atom stereocenters. The predicted octanol–water partition coefficient (Wildman–Crippen LogP) is 2.84. The molecule has 2 atom stereocenters. The Hall–Kier alpha value is -1.42. The number of amides is 1. The molecular weight excluding hydrogens is 240 g/mol. The highest BCUT2D eigenvalue weighted by atomic mass is 16.5. The van der Waals surface area contributed by atoms with E-state index in [4.69, 9.17) is 4.74 Å². The smallest absolute Gasteiger partial charge is 0.230 e. The summed E-state index contributed by atoms with van der Waals surface area (Å²) in [5, 5.41) is 3.03. The van der Waals surface area contributed by atoms with Crippen LogP contribution in [0.4, 0.5) is 5.69 Å². The summed E-state index contributed by atoms with van der Waals surface area (Å²) in [4.78, 5) is 16.6. The van der Waals surface area contributed by atoms with Crippen molar-refractivity contribution in [2.75, 3.05) is 11.9 Å². The van der Waals surface area contributed by atoms with E-state index in [1.807, 2.05) is 19.9 Å². The second kappa shape index (κ2) is 6.15. The average molecular weight is 262 g/mol. The van der Waals surface area contributed by atoms with E-state index >= 15 is 0 Å². The fourth-order valence-corrected chi connectivity index (χ4v) is 2.53. The Morgan fingerprint density at radius 3 is 3.05 bits per heavy atom. The van der Waals surface area contributed by atoms with Gasteiger partial charge in [-0.3, -0.25) is 9.78 Å². The van der Waals surface area contributed by atoms with E-state index in [-0.39, 0.29) is 17.9 Å². The van der Waals surface area contributed by atoms with Gasteiger partial charge in [0.05, 0.1) is 12.0 Å². The molecule has 0 aliphatic carbocycles. The van der Waals surface area contributed by atoms with E-state index in [0.29, 0.717) is 0 Å². The summed E-state index contributed by atoms with van der Waals surface area (Å²) in [7, 11) is 0. The van der Waals surface area contributed by atoms with Crippen molar-refractivity contribution in [2.24, 2.45) is 5.92 Å². The van der Waals surface area contributed by atoms with Gasteiger partial charge in [-0.25, -0.2) is 0 Å². The lowest BCUT2D eigenvalue weighted by Crippen LogP contribution is -2.38. The molecule has 0 saturated carbocycles. The Morgan fingerprint density at radius 2 is 2.32 bits per heavy atom. The second-order valence-corrected chi connectivity index (χ2v) is 5.20. The summed E-state index contributed by atoms with van der Waals surface area (Å²) in [6.07, 6.45) is 4.60. The number of aryl methyl sites for hydroxylation is 2. The van der Waals surface area contributed by atoms with Crippen LogP contribution in [0.1, 0.15) is 37.4 Å². The lowest BCUT2D eigenvalue weighted by molar-refractivity contribution is -0.129. The first-order valence-corrected chi connectivity index (χ1v) is 6.97. The van der Waals surface area contributed by atoms with Crippen LogP contribution in [0.3, 0.4) is 0 Å². The first-order chi connectivity index (χ1) is 9.11. The molecule has 4 heteroatoms. The van der Waals surface area contributed by atoms with Gasteiger partial charge in [-0.15, -0.1) is 0 Å². The second-order valence-electron chi connectivity index (χ2n) is 5.20. The number of nitrogens with one attached hydrogen (secondary N) is 1. The van der Waals surface area contributed by atoms with Crippen LogP contribution in [0, 0.1) is 19.8 Å². The third kappa shape index (κ3) is 3.32. The molecule has 1 aliphatic rings. The Bertz CT molecular complexity index is 459. The van der Waals surface area contributed by atoms with Gasteiger partial charge in [-0.2, -0.15) is 0 Å². The van der Waals surface area contributed by atoms with Crippen LogP contribution in [0.5, 0.6) is 0 Å². The van der Waals surface area contributed by atoms with Gasteiger partial charge >= 0.3 is 0 Å². The SMILES string of the molecule is CCC1OCCCC1C(=O)Nc1cc(C)ncc1C. The van der Waals surface area contributed by atoms with Gasteiger partial charge in [0.25, 0.3) is 0 Å². The molecule has 1 N–H and O–H groups in total. The van der Waals surface area contributed by atoms with Gasteiger partial charge in [0.15, 0.2) is 0 Å². The largest absolute Gasteiger partial charge is 0.377 e. The average Bonchev–Trinajstić information content (AvgIpc) is 2.42.